The molecule has 0 heterocycles. The molecule has 0 saturated carbocycles. The van der Waals surface area contributed by atoms with Crippen molar-refractivity contribution in [3.05, 3.63) is 59.7 Å². The Balaban J connectivity index is 2.48. The van der Waals surface area contributed by atoms with Crippen LogP contribution in [0.15, 0.2) is 48.6 Å². The Morgan fingerprint density at radius 2 is 1.94 bits per heavy atom. The van der Waals surface area contributed by atoms with Crippen molar-refractivity contribution in [1.29, 1.82) is 0 Å². The Morgan fingerprint density at radius 3 is 2.62 bits per heavy atom. The average molecular weight is 212 g/mol. The van der Waals surface area contributed by atoms with Crippen molar-refractivity contribution in [2.75, 3.05) is 0 Å². The van der Waals surface area contributed by atoms with Gasteiger partial charge >= 0.3 is 0 Å². The molecule has 0 spiro atoms. The van der Waals surface area contributed by atoms with Crippen LogP contribution in [0.4, 0.5) is 0 Å². The normalized spacial score (nSPS) is 18.8. The minimum atomic E-state index is -0.315. The van der Waals surface area contributed by atoms with Gasteiger partial charge in [0.1, 0.15) is 0 Å². The third-order valence-electron chi connectivity index (χ3n) is 2.66. The first-order valence-corrected chi connectivity index (χ1v) is 5.18. The maximum Gasteiger partial charge on any atom is 0.166 e. The van der Waals surface area contributed by atoms with Gasteiger partial charge in [-0.2, -0.15) is 0 Å². The molecule has 16 heavy (non-hydrogen) atoms. The van der Waals surface area contributed by atoms with Gasteiger partial charge in [-0.1, -0.05) is 42.5 Å². The largest absolute Gasteiger partial charge is 0.295 e. The summed E-state index contributed by atoms with van der Waals surface area (Å²) in [5.41, 5.74) is 1.42. The van der Waals surface area contributed by atoms with Crippen molar-refractivity contribution < 1.29 is 9.59 Å². The van der Waals surface area contributed by atoms with E-state index < -0.39 is 0 Å². The second kappa shape index (κ2) is 4.27. The smallest absolute Gasteiger partial charge is 0.166 e. The van der Waals surface area contributed by atoms with Crippen LogP contribution in [0.3, 0.4) is 0 Å². The molecule has 1 unspecified atom stereocenters. The molecular formula is C14H12O2. The van der Waals surface area contributed by atoms with Crippen molar-refractivity contribution in [2.45, 2.75) is 12.8 Å². The molecule has 0 fully saturated rings. The summed E-state index contributed by atoms with van der Waals surface area (Å²) in [6.45, 7) is 1.52. The van der Waals surface area contributed by atoms with E-state index in [1.54, 1.807) is 18.2 Å². The summed E-state index contributed by atoms with van der Waals surface area (Å²) in [5.74, 6) is -0.298. The lowest BCUT2D eigenvalue weighted by Gasteiger charge is -2.15. The maximum absolute atomic E-state index is 11.7. The van der Waals surface area contributed by atoms with Crippen LogP contribution in [0.1, 0.15) is 28.8 Å². The van der Waals surface area contributed by atoms with Crippen molar-refractivity contribution in [1.82, 2.24) is 0 Å². The van der Waals surface area contributed by atoms with E-state index in [1.165, 1.54) is 6.92 Å². The standard InChI is InChI=1S/C14H12O2/c1-10(15)11-6-2-3-7-12(11)13-8-4-5-9-14(13)16/h2-9,13H,1H3. The first kappa shape index (κ1) is 10.6. The van der Waals surface area contributed by atoms with E-state index >= 15 is 0 Å². The number of hydrogen-bond acceptors (Lipinski definition) is 2. The summed E-state index contributed by atoms with van der Waals surface area (Å²) in [6.07, 6.45) is 6.92. The zero-order valence-corrected chi connectivity index (χ0v) is 9.01. The minimum absolute atomic E-state index is 0.00801. The number of hydrogen-bond donors (Lipinski definition) is 0. The fourth-order valence-electron chi connectivity index (χ4n) is 1.87. The van der Waals surface area contributed by atoms with Crippen LogP contribution < -0.4 is 0 Å². The average Bonchev–Trinajstić information content (AvgIpc) is 2.29. The lowest BCUT2D eigenvalue weighted by atomic mass is 9.87. The van der Waals surface area contributed by atoms with Crippen LogP contribution in [0, 0.1) is 0 Å². The van der Waals surface area contributed by atoms with Gasteiger partial charge < -0.3 is 0 Å². The maximum atomic E-state index is 11.7. The third kappa shape index (κ3) is 1.87. The van der Waals surface area contributed by atoms with E-state index in [1.807, 2.05) is 30.4 Å². The van der Waals surface area contributed by atoms with E-state index in [4.69, 9.17) is 0 Å². The number of benzene rings is 1. The quantitative estimate of drug-likeness (QED) is 0.706. The molecular weight excluding hydrogens is 200 g/mol. The molecule has 2 nitrogen and oxygen atoms in total. The van der Waals surface area contributed by atoms with Crippen molar-refractivity contribution in [3.8, 4) is 0 Å². The molecule has 80 valence electrons. The van der Waals surface area contributed by atoms with Gasteiger partial charge in [0.2, 0.25) is 0 Å². The Bertz CT molecular complexity index is 495. The number of rotatable bonds is 2. The van der Waals surface area contributed by atoms with E-state index in [-0.39, 0.29) is 17.5 Å². The zero-order chi connectivity index (χ0) is 11.5. The van der Waals surface area contributed by atoms with Gasteiger partial charge in [-0.25, -0.2) is 0 Å². The number of carbonyl (C=O) groups excluding carboxylic acids is 2. The predicted octanol–water partition coefficient (Wildman–Crippen LogP) is 2.67. The second-order valence-corrected chi connectivity index (χ2v) is 3.77. The van der Waals surface area contributed by atoms with Gasteiger partial charge in [-0.3, -0.25) is 9.59 Å². The Morgan fingerprint density at radius 1 is 1.19 bits per heavy atom. The van der Waals surface area contributed by atoms with Crippen LogP contribution in [0.25, 0.3) is 0 Å². The van der Waals surface area contributed by atoms with Gasteiger partial charge in [0, 0.05) is 5.56 Å². The lowest BCUT2D eigenvalue weighted by molar-refractivity contribution is -0.115. The van der Waals surface area contributed by atoms with Crippen LogP contribution in [-0.4, -0.2) is 11.6 Å². The summed E-state index contributed by atoms with van der Waals surface area (Å²) >= 11 is 0. The fraction of sp³-hybridized carbons (Fsp3) is 0.143. The van der Waals surface area contributed by atoms with E-state index in [2.05, 4.69) is 0 Å². The molecule has 0 saturated heterocycles. The third-order valence-corrected chi connectivity index (χ3v) is 2.66. The Labute approximate surface area is 94.3 Å². The van der Waals surface area contributed by atoms with Crippen molar-refractivity contribution in [2.24, 2.45) is 0 Å². The number of allylic oxidation sites excluding steroid dienone is 4. The fourth-order valence-corrected chi connectivity index (χ4v) is 1.87. The summed E-state index contributed by atoms with van der Waals surface area (Å²) in [5, 5.41) is 0. The number of carbonyl (C=O) groups is 2. The molecule has 0 bridgehead atoms. The van der Waals surface area contributed by atoms with Crippen molar-refractivity contribution in [3.63, 3.8) is 0 Å². The van der Waals surface area contributed by atoms with E-state index in [0.29, 0.717) is 5.56 Å². The number of ketones is 2. The van der Waals surface area contributed by atoms with Gasteiger partial charge in [-0.05, 0) is 18.6 Å². The van der Waals surface area contributed by atoms with Crippen LogP contribution in [-0.2, 0) is 4.79 Å². The van der Waals surface area contributed by atoms with E-state index in [0.717, 1.165) is 5.56 Å². The zero-order valence-electron chi connectivity index (χ0n) is 9.01. The molecule has 1 aromatic rings. The SMILES string of the molecule is CC(=O)c1ccccc1C1C=CC=CC1=O. The minimum Gasteiger partial charge on any atom is -0.295 e. The first-order valence-electron chi connectivity index (χ1n) is 5.18. The van der Waals surface area contributed by atoms with Gasteiger partial charge in [0.15, 0.2) is 11.6 Å². The molecule has 1 aliphatic carbocycles. The molecule has 0 N–H and O–H groups in total. The van der Waals surface area contributed by atoms with E-state index in [9.17, 15) is 9.59 Å². The van der Waals surface area contributed by atoms with Crippen LogP contribution in [0.2, 0.25) is 0 Å². The molecule has 1 aromatic carbocycles. The second-order valence-electron chi connectivity index (χ2n) is 3.77. The summed E-state index contributed by atoms with van der Waals surface area (Å²) in [7, 11) is 0. The molecule has 0 radical (unpaired) electrons. The van der Waals surface area contributed by atoms with Gasteiger partial charge in [0.25, 0.3) is 0 Å². The van der Waals surface area contributed by atoms with Gasteiger partial charge in [0.05, 0.1) is 5.92 Å². The van der Waals surface area contributed by atoms with Crippen molar-refractivity contribution >= 4 is 11.6 Å². The molecule has 2 heteroatoms. The Kier molecular flexibility index (Phi) is 2.82. The van der Waals surface area contributed by atoms with Crippen LogP contribution in [0.5, 0.6) is 0 Å². The molecule has 1 atom stereocenters. The summed E-state index contributed by atoms with van der Waals surface area (Å²) in [4.78, 5) is 23.2. The highest BCUT2D eigenvalue weighted by Gasteiger charge is 2.20. The topological polar surface area (TPSA) is 34.1 Å². The Hall–Kier alpha value is -1.96. The summed E-state index contributed by atoms with van der Waals surface area (Å²) < 4.78 is 0. The highest BCUT2D eigenvalue weighted by Crippen LogP contribution is 2.25. The predicted molar refractivity (Wildman–Crippen MR) is 62.5 cm³/mol. The number of Topliss-reactive ketones (excluding diaryl/α,β-unsaturated/α-hetero) is 1. The summed E-state index contributed by atoms with van der Waals surface area (Å²) in [6, 6.07) is 7.26. The molecule has 1 aliphatic rings. The molecule has 0 aliphatic heterocycles. The van der Waals surface area contributed by atoms with Crippen LogP contribution >= 0.6 is 0 Å². The lowest BCUT2D eigenvalue weighted by Crippen LogP contribution is -2.13. The molecule has 2 rings (SSSR count). The highest BCUT2D eigenvalue weighted by atomic mass is 16.1. The highest BCUT2D eigenvalue weighted by molar-refractivity contribution is 6.02. The first-order chi connectivity index (χ1) is 7.70. The monoisotopic (exact) mass is 212 g/mol. The van der Waals surface area contributed by atoms with Gasteiger partial charge in [-0.15, -0.1) is 0 Å². The molecule has 0 amide bonds. The molecule has 0 aromatic heterocycles.